The third-order valence-corrected chi connectivity index (χ3v) is 4.44. The van der Waals surface area contributed by atoms with Crippen molar-refractivity contribution in [3.63, 3.8) is 0 Å². The number of nitrogens with one attached hydrogen (secondary N) is 2. The minimum absolute atomic E-state index is 0.102. The zero-order valence-corrected chi connectivity index (χ0v) is 16.4. The number of benzene rings is 2. The first-order chi connectivity index (χ1) is 11.9. The van der Waals surface area contributed by atoms with E-state index in [2.05, 4.69) is 26.6 Å². The second-order valence-corrected chi connectivity index (χ2v) is 6.65. The lowest BCUT2D eigenvalue weighted by molar-refractivity contribution is 0.235. The van der Waals surface area contributed by atoms with Gasteiger partial charge in [-0.2, -0.15) is 0 Å². The number of carbonyl (C=O) groups excluding carboxylic acids is 1. The first-order valence-corrected chi connectivity index (χ1v) is 8.78. The maximum atomic E-state index is 12.3. The van der Waals surface area contributed by atoms with E-state index in [9.17, 15) is 4.79 Å². The van der Waals surface area contributed by atoms with Crippen molar-refractivity contribution in [3.05, 3.63) is 58.1 Å². The summed E-state index contributed by atoms with van der Waals surface area (Å²) in [6, 6.07) is 13.0. The van der Waals surface area contributed by atoms with Crippen LogP contribution in [0.1, 0.15) is 37.1 Å². The quantitative estimate of drug-likeness (QED) is 0.737. The molecule has 2 aromatic carbocycles. The molecule has 2 rings (SSSR count). The first kappa shape index (κ1) is 19.1. The monoisotopic (exact) mass is 406 g/mol. The van der Waals surface area contributed by atoms with E-state index in [0.717, 1.165) is 15.6 Å². The topological polar surface area (TPSA) is 59.6 Å². The molecule has 0 saturated carbocycles. The number of hydrogen-bond donors (Lipinski definition) is 2. The van der Waals surface area contributed by atoms with Gasteiger partial charge in [-0.3, -0.25) is 0 Å². The molecule has 2 atom stereocenters. The molecule has 134 valence electrons. The highest BCUT2D eigenvalue weighted by atomic mass is 79.9. The second-order valence-electron chi connectivity index (χ2n) is 5.73. The van der Waals surface area contributed by atoms with Crippen LogP contribution in [0.5, 0.6) is 11.5 Å². The van der Waals surface area contributed by atoms with Crippen molar-refractivity contribution in [2.24, 2.45) is 0 Å². The Hall–Kier alpha value is -2.21. The van der Waals surface area contributed by atoms with Gasteiger partial charge in [0, 0.05) is 4.47 Å². The molecule has 0 aromatic heterocycles. The van der Waals surface area contributed by atoms with E-state index in [1.165, 1.54) is 0 Å². The SMILES string of the molecule is COc1ccc(C(C)NC(=O)NC(C)c2cccc(Br)c2)cc1OC. The lowest BCUT2D eigenvalue weighted by atomic mass is 10.1. The van der Waals surface area contributed by atoms with Gasteiger partial charge in [-0.1, -0.05) is 34.1 Å². The summed E-state index contributed by atoms with van der Waals surface area (Å²) < 4.78 is 11.5. The van der Waals surface area contributed by atoms with E-state index in [-0.39, 0.29) is 18.1 Å². The Labute approximate surface area is 156 Å². The minimum atomic E-state index is -0.227. The van der Waals surface area contributed by atoms with Gasteiger partial charge in [0.25, 0.3) is 0 Å². The van der Waals surface area contributed by atoms with E-state index in [1.54, 1.807) is 14.2 Å². The second kappa shape index (κ2) is 8.76. The molecule has 5 nitrogen and oxygen atoms in total. The van der Waals surface area contributed by atoms with Gasteiger partial charge in [-0.25, -0.2) is 4.79 Å². The number of ether oxygens (including phenoxy) is 2. The summed E-state index contributed by atoms with van der Waals surface area (Å²) in [5.74, 6) is 1.29. The maximum absolute atomic E-state index is 12.3. The highest BCUT2D eigenvalue weighted by molar-refractivity contribution is 9.10. The van der Waals surface area contributed by atoms with Gasteiger partial charge in [-0.05, 0) is 49.2 Å². The number of methoxy groups -OCH3 is 2. The van der Waals surface area contributed by atoms with Gasteiger partial charge in [0.2, 0.25) is 0 Å². The Balaban J connectivity index is 2.00. The molecule has 25 heavy (non-hydrogen) atoms. The smallest absolute Gasteiger partial charge is 0.315 e. The third-order valence-electron chi connectivity index (χ3n) is 3.95. The molecule has 0 radical (unpaired) electrons. The Morgan fingerprint density at radius 1 is 0.920 bits per heavy atom. The fourth-order valence-electron chi connectivity index (χ4n) is 2.50. The molecule has 2 amide bonds. The normalized spacial score (nSPS) is 12.8. The largest absolute Gasteiger partial charge is 0.493 e. The lowest BCUT2D eigenvalue weighted by Gasteiger charge is -2.20. The van der Waals surface area contributed by atoms with Crippen molar-refractivity contribution in [2.75, 3.05) is 14.2 Å². The molecule has 2 aromatic rings. The highest BCUT2D eigenvalue weighted by Crippen LogP contribution is 2.29. The van der Waals surface area contributed by atoms with Crippen molar-refractivity contribution in [3.8, 4) is 11.5 Å². The number of urea groups is 1. The molecule has 0 fully saturated rings. The molecular weight excluding hydrogens is 384 g/mol. The fourth-order valence-corrected chi connectivity index (χ4v) is 2.92. The van der Waals surface area contributed by atoms with Gasteiger partial charge in [-0.15, -0.1) is 0 Å². The first-order valence-electron chi connectivity index (χ1n) is 7.99. The van der Waals surface area contributed by atoms with Crippen LogP contribution in [-0.4, -0.2) is 20.3 Å². The van der Waals surface area contributed by atoms with Crippen LogP contribution in [0, 0.1) is 0 Å². The Morgan fingerprint density at radius 3 is 2.08 bits per heavy atom. The minimum Gasteiger partial charge on any atom is -0.493 e. The summed E-state index contributed by atoms with van der Waals surface area (Å²) in [7, 11) is 3.18. The number of carbonyl (C=O) groups is 1. The zero-order valence-electron chi connectivity index (χ0n) is 14.8. The van der Waals surface area contributed by atoms with Crippen LogP contribution in [0.2, 0.25) is 0 Å². The molecule has 0 aliphatic heterocycles. The van der Waals surface area contributed by atoms with Crippen molar-refractivity contribution in [1.82, 2.24) is 10.6 Å². The van der Waals surface area contributed by atoms with E-state index >= 15 is 0 Å². The molecule has 0 heterocycles. The summed E-state index contributed by atoms with van der Waals surface area (Å²) in [5.41, 5.74) is 1.96. The molecule has 2 N–H and O–H groups in total. The highest BCUT2D eigenvalue weighted by Gasteiger charge is 2.15. The lowest BCUT2D eigenvalue weighted by Crippen LogP contribution is -2.38. The van der Waals surface area contributed by atoms with Crippen LogP contribution in [0.4, 0.5) is 4.79 Å². The van der Waals surface area contributed by atoms with Crippen LogP contribution < -0.4 is 20.1 Å². The summed E-state index contributed by atoms with van der Waals surface area (Å²) in [6.45, 7) is 3.87. The summed E-state index contributed by atoms with van der Waals surface area (Å²) >= 11 is 3.44. The van der Waals surface area contributed by atoms with Crippen LogP contribution in [0.25, 0.3) is 0 Å². The molecule has 0 spiro atoms. The third kappa shape index (κ3) is 5.13. The Morgan fingerprint density at radius 2 is 1.52 bits per heavy atom. The zero-order chi connectivity index (χ0) is 18.4. The Kier molecular flexibility index (Phi) is 6.70. The van der Waals surface area contributed by atoms with E-state index in [0.29, 0.717) is 11.5 Å². The van der Waals surface area contributed by atoms with Crippen molar-refractivity contribution < 1.29 is 14.3 Å². The average molecular weight is 407 g/mol. The Bertz CT molecular complexity index is 736. The molecule has 0 bridgehead atoms. The number of amides is 2. The van der Waals surface area contributed by atoms with E-state index < -0.39 is 0 Å². The average Bonchev–Trinajstić information content (AvgIpc) is 2.60. The maximum Gasteiger partial charge on any atom is 0.315 e. The van der Waals surface area contributed by atoms with Gasteiger partial charge in [0.05, 0.1) is 26.3 Å². The molecule has 0 aliphatic carbocycles. The van der Waals surface area contributed by atoms with Crippen LogP contribution in [-0.2, 0) is 0 Å². The molecule has 2 unspecified atom stereocenters. The number of rotatable bonds is 6. The summed E-state index contributed by atoms with van der Waals surface area (Å²) in [4.78, 5) is 12.3. The summed E-state index contributed by atoms with van der Waals surface area (Å²) in [5, 5.41) is 5.89. The van der Waals surface area contributed by atoms with Crippen LogP contribution >= 0.6 is 15.9 Å². The van der Waals surface area contributed by atoms with Gasteiger partial charge < -0.3 is 20.1 Å². The van der Waals surface area contributed by atoms with Crippen molar-refractivity contribution in [2.45, 2.75) is 25.9 Å². The standard InChI is InChI=1S/C19H23BrN2O3/c1-12(14-6-5-7-16(20)10-14)21-19(23)22-13(2)15-8-9-17(24-3)18(11-15)25-4/h5-13H,1-4H3,(H2,21,22,23). The predicted molar refractivity (Wildman–Crippen MR) is 102 cm³/mol. The molecular formula is C19H23BrN2O3. The number of halogens is 1. The molecule has 6 heteroatoms. The molecule has 0 saturated heterocycles. The fraction of sp³-hybridized carbons (Fsp3) is 0.316. The van der Waals surface area contributed by atoms with E-state index in [4.69, 9.17) is 9.47 Å². The van der Waals surface area contributed by atoms with Gasteiger partial charge in [0.1, 0.15) is 0 Å². The van der Waals surface area contributed by atoms with Crippen molar-refractivity contribution >= 4 is 22.0 Å². The van der Waals surface area contributed by atoms with Gasteiger partial charge >= 0.3 is 6.03 Å². The molecule has 0 aliphatic rings. The number of hydrogen-bond acceptors (Lipinski definition) is 3. The predicted octanol–water partition coefficient (Wildman–Crippen LogP) is 4.59. The van der Waals surface area contributed by atoms with E-state index in [1.807, 2.05) is 56.3 Å². The summed E-state index contributed by atoms with van der Waals surface area (Å²) in [6.07, 6.45) is 0. The van der Waals surface area contributed by atoms with Crippen LogP contribution in [0.3, 0.4) is 0 Å². The van der Waals surface area contributed by atoms with Crippen molar-refractivity contribution in [1.29, 1.82) is 0 Å². The van der Waals surface area contributed by atoms with Gasteiger partial charge in [0.15, 0.2) is 11.5 Å². The van der Waals surface area contributed by atoms with Crippen LogP contribution in [0.15, 0.2) is 46.9 Å².